The van der Waals surface area contributed by atoms with E-state index in [9.17, 15) is 0 Å². The highest BCUT2D eigenvalue weighted by Crippen LogP contribution is 2.19. The Kier molecular flexibility index (Phi) is 16.2. The van der Waals surface area contributed by atoms with Crippen molar-refractivity contribution in [2.24, 2.45) is 5.41 Å². The first-order valence-corrected chi connectivity index (χ1v) is 9.70. The summed E-state index contributed by atoms with van der Waals surface area (Å²) in [5.74, 6) is 0. The quantitative estimate of drug-likeness (QED) is 0.735. The Morgan fingerprint density at radius 1 is 0.920 bits per heavy atom. The predicted molar refractivity (Wildman–Crippen MR) is 113 cm³/mol. The van der Waals surface area contributed by atoms with E-state index in [1.165, 1.54) is 24.1 Å². The van der Waals surface area contributed by atoms with Crippen LogP contribution >= 0.6 is 0 Å². The van der Waals surface area contributed by atoms with Crippen LogP contribution in [-0.2, 0) is 13.0 Å². The van der Waals surface area contributed by atoms with Gasteiger partial charge >= 0.3 is 0 Å². The van der Waals surface area contributed by atoms with Crippen LogP contribution in [0.5, 0.6) is 0 Å². The highest BCUT2D eigenvalue weighted by molar-refractivity contribution is 5.23. The van der Waals surface area contributed by atoms with Gasteiger partial charge in [-0.05, 0) is 50.0 Å². The van der Waals surface area contributed by atoms with Crippen LogP contribution in [0.15, 0.2) is 24.3 Å². The van der Waals surface area contributed by atoms with Gasteiger partial charge in [0.1, 0.15) is 0 Å². The molecule has 0 aliphatic rings. The molecule has 1 N–H and O–H groups in total. The Morgan fingerprint density at radius 3 is 1.96 bits per heavy atom. The smallest absolute Gasteiger partial charge is 0.0319 e. The zero-order chi connectivity index (χ0) is 19.9. The fraction of sp³-hybridized carbons (Fsp3) is 0.727. The van der Waals surface area contributed by atoms with Gasteiger partial charge in [-0.25, -0.2) is 0 Å². The molecular weight excluding hydrogens is 308 g/mol. The molecule has 0 spiro atoms. The van der Waals surface area contributed by atoms with E-state index in [2.05, 4.69) is 75.9 Å². The molecule has 0 saturated carbocycles. The van der Waals surface area contributed by atoms with E-state index in [0.717, 1.165) is 33.2 Å². The van der Waals surface area contributed by atoms with Crippen molar-refractivity contribution in [3.8, 4) is 0 Å². The second-order valence-electron chi connectivity index (χ2n) is 7.56. The molecule has 0 amide bonds. The molecule has 0 unspecified atom stereocenters. The van der Waals surface area contributed by atoms with Crippen LogP contribution in [0.3, 0.4) is 0 Å². The van der Waals surface area contributed by atoms with Crippen molar-refractivity contribution in [3.63, 3.8) is 0 Å². The molecule has 1 aromatic carbocycles. The average Bonchev–Trinajstić information content (AvgIpc) is 2.60. The molecule has 0 aliphatic carbocycles. The van der Waals surface area contributed by atoms with Gasteiger partial charge in [0, 0.05) is 26.7 Å². The zero-order valence-corrected chi connectivity index (χ0v) is 18.4. The van der Waals surface area contributed by atoms with Gasteiger partial charge in [-0.3, -0.25) is 4.90 Å². The molecule has 0 atom stereocenters. The normalized spacial score (nSPS) is 10.9. The maximum Gasteiger partial charge on any atom is 0.0319 e. The van der Waals surface area contributed by atoms with E-state index in [-0.39, 0.29) is 0 Å². The molecule has 0 radical (unpaired) electrons. The summed E-state index contributed by atoms with van der Waals surface area (Å²) in [5.41, 5.74) is 3.29. The van der Waals surface area contributed by atoms with E-state index in [4.69, 9.17) is 5.11 Å². The number of hydrogen-bond acceptors (Lipinski definition) is 3. The monoisotopic (exact) mass is 352 g/mol. The fourth-order valence-corrected chi connectivity index (χ4v) is 2.31. The van der Waals surface area contributed by atoms with Crippen molar-refractivity contribution in [2.75, 3.05) is 40.8 Å². The molecule has 0 aromatic heterocycles. The van der Waals surface area contributed by atoms with Gasteiger partial charge in [0.15, 0.2) is 0 Å². The minimum atomic E-state index is 0.404. The van der Waals surface area contributed by atoms with Gasteiger partial charge in [0.25, 0.3) is 0 Å². The van der Waals surface area contributed by atoms with E-state index in [0.29, 0.717) is 5.41 Å². The van der Waals surface area contributed by atoms with Crippen LogP contribution in [0.2, 0.25) is 0 Å². The van der Waals surface area contributed by atoms with Crippen LogP contribution < -0.4 is 0 Å². The topological polar surface area (TPSA) is 26.7 Å². The third-order valence-corrected chi connectivity index (χ3v) is 3.85. The lowest BCUT2D eigenvalue weighted by Crippen LogP contribution is -2.33. The van der Waals surface area contributed by atoms with Crippen molar-refractivity contribution in [3.05, 3.63) is 35.4 Å². The number of nitrogens with zero attached hydrogens (tertiary/aromatic N) is 2. The summed E-state index contributed by atoms with van der Waals surface area (Å²) >= 11 is 0. The molecular formula is C22H44N2O. The molecule has 0 heterocycles. The van der Waals surface area contributed by atoms with Gasteiger partial charge in [-0.15, -0.1) is 0 Å². The maximum absolute atomic E-state index is 7.00. The number of aliphatic hydroxyl groups excluding tert-OH is 1. The lowest BCUT2D eigenvalue weighted by atomic mass is 9.92. The maximum atomic E-state index is 7.00. The SMILES string of the molecule is CC.CCc1cccc(CN(CCN(C)C)CCC(C)(C)C)c1.CO. The van der Waals surface area contributed by atoms with Gasteiger partial charge in [0.05, 0.1) is 0 Å². The summed E-state index contributed by atoms with van der Waals surface area (Å²) in [5, 5.41) is 7.00. The summed E-state index contributed by atoms with van der Waals surface area (Å²) < 4.78 is 0. The standard InChI is InChI=1S/C19H34N2.C2H6.CH4O/c1-7-17-9-8-10-18(15-17)16-21(14-13-20(5)6)12-11-19(2,3)4;2*1-2/h8-10,15H,7,11-14,16H2,1-6H3;1-2H3;2H,1H3. The molecule has 0 bridgehead atoms. The first-order chi connectivity index (χ1) is 11.8. The average molecular weight is 353 g/mol. The van der Waals surface area contributed by atoms with Crippen LogP contribution in [0, 0.1) is 5.41 Å². The number of likely N-dealkylation sites (N-methyl/N-ethyl adjacent to an activating group) is 1. The van der Waals surface area contributed by atoms with Crippen LogP contribution in [0.4, 0.5) is 0 Å². The number of rotatable bonds is 8. The zero-order valence-electron chi connectivity index (χ0n) is 18.4. The molecule has 0 aliphatic heterocycles. The minimum absolute atomic E-state index is 0.404. The lowest BCUT2D eigenvalue weighted by molar-refractivity contribution is 0.202. The molecule has 3 heteroatoms. The lowest BCUT2D eigenvalue weighted by Gasteiger charge is -2.28. The van der Waals surface area contributed by atoms with Gasteiger partial charge in [-0.2, -0.15) is 0 Å². The molecule has 1 aromatic rings. The number of hydrogen-bond donors (Lipinski definition) is 1. The van der Waals surface area contributed by atoms with E-state index >= 15 is 0 Å². The first kappa shape index (κ1) is 26.3. The largest absolute Gasteiger partial charge is 0.400 e. The fourth-order valence-electron chi connectivity index (χ4n) is 2.31. The van der Waals surface area contributed by atoms with Crippen molar-refractivity contribution in [1.29, 1.82) is 0 Å². The van der Waals surface area contributed by atoms with Gasteiger partial charge < -0.3 is 10.0 Å². The van der Waals surface area contributed by atoms with Crippen molar-refractivity contribution >= 4 is 0 Å². The number of aliphatic hydroxyl groups is 1. The van der Waals surface area contributed by atoms with Crippen molar-refractivity contribution < 1.29 is 5.11 Å². The van der Waals surface area contributed by atoms with Crippen LogP contribution in [-0.4, -0.2) is 55.7 Å². The molecule has 3 nitrogen and oxygen atoms in total. The van der Waals surface area contributed by atoms with Gasteiger partial charge in [0.2, 0.25) is 0 Å². The molecule has 0 saturated heterocycles. The second kappa shape index (κ2) is 15.4. The Hall–Kier alpha value is -0.900. The highest BCUT2D eigenvalue weighted by atomic mass is 16.2. The van der Waals surface area contributed by atoms with Gasteiger partial charge in [-0.1, -0.05) is 65.8 Å². The molecule has 0 fully saturated rings. The Labute approximate surface area is 158 Å². The Bertz CT molecular complexity index is 411. The second-order valence-corrected chi connectivity index (χ2v) is 7.56. The molecule has 1 rings (SSSR count). The summed E-state index contributed by atoms with van der Waals surface area (Å²) in [6.07, 6.45) is 2.36. The number of benzene rings is 1. The third-order valence-electron chi connectivity index (χ3n) is 3.85. The molecule has 148 valence electrons. The first-order valence-electron chi connectivity index (χ1n) is 9.70. The van der Waals surface area contributed by atoms with E-state index in [1.807, 2.05) is 13.8 Å². The van der Waals surface area contributed by atoms with E-state index < -0.39 is 0 Å². The predicted octanol–water partition coefficient (Wildman–Crippen LogP) is 4.68. The minimum Gasteiger partial charge on any atom is -0.400 e. The number of aryl methyl sites for hydroxylation is 1. The summed E-state index contributed by atoms with van der Waals surface area (Å²) in [7, 11) is 5.30. The summed E-state index contributed by atoms with van der Waals surface area (Å²) in [6.45, 7) is 17.7. The molecule has 25 heavy (non-hydrogen) atoms. The highest BCUT2D eigenvalue weighted by Gasteiger charge is 2.14. The summed E-state index contributed by atoms with van der Waals surface area (Å²) in [4.78, 5) is 4.87. The third kappa shape index (κ3) is 15.1. The Balaban J connectivity index is 0. The van der Waals surface area contributed by atoms with Crippen molar-refractivity contribution in [1.82, 2.24) is 9.80 Å². The van der Waals surface area contributed by atoms with E-state index in [1.54, 1.807) is 0 Å². The summed E-state index contributed by atoms with van der Waals surface area (Å²) in [6, 6.07) is 9.05. The van der Waals surface area contributed by atoms with Crippen LogP contribution in [0.25, 0.3) is 0 Å². The van der Waals surface area contributed by atoms with Crippen molar-refractivity contribution in [2.45, 2.75) is 60.9 Å². The van der Waals surface area contributed by atoms with Crippen LogP contribution in [0.1, 0.15) is 59.1 Å². The Morgan fingerprint density at radius 2 is 1.48 bits per heavy atom.